The molecule has 0 saturated heterocycles. The molecule has 2 N–H and O–H groups in total. The molecule has 3 aromatic rings. The van der Waals surface area contributed by atoms with E-state index in [4.69, 9.17) is 10.5 Å². The molecule has 0 amide bonds. The van der Waals surface area contributed by atoms with Crippen LogP contribution in [0.3, 0.4) is 0 Å². The molecule has 2 aromatic carbocycles. The van der Waals surface area contributed by atoms with E-state index in [1.165, 1.54) is 0 Å². The van der Waals surface area contributed by atoms with Crippen molar-refractivity contribution < 1.29 is 4.74 Å². The molecule has 0 radical (unpaired) electrons. The molecule has 1 heterocycles. The SMILES string of the molecule is CC(N)Cc1ccc2cc(Oc3ccccc3)ccc2n1. The van der Waals surface area contributed by atoms with Crippen molar-refractivity contribution in [3.8, 4) is 11.5 Å². The first-order valence-corrected chi connectivity index (χ1v) is 7.09. The van der Waals surface area contributed by atoms with Crippen molar-refractivity contribution in [2.45, 2.75) is 19.4 Å². The van der Waals surface area contributed by atoms with Gasteiger partial charge in [0.1, 0.15) is 11.5 Å². The third-order valence-corrected chi connectivity index (χ3v) is 3.23. The van der Waals surface area contributed by atoms with Crippen LogP contribution in [0.1, 0.15) is 12.6 Å². The molecule has 0 aliphatic carbocycles. The highest BCUT2D eigenvalue weighted by atomic mass is 16.5. The van der Waals surface area contributed by atoms with Crippen LogP contribution < -0.4 is 10.5 Å². The topological polar surface area (TPSA) is 48.1 Å². The summed E-state index contributed by atoms with van der Waals surface area (Å²) in [4.78, 5) is 4.63. The predicted octanol–water partition coefficient (Wildman–Crippen LogP) is 3.92. The summed E-state index contributed by atoms with van der Waals surface area (Å²) in [6, 6.07) is 19.9. The van der Waals surface area contributed by atoms with E-state index in [0.29, 0.717) is 0 Å². The van der Waals surface area contributed by atoms with Crippen LogP contribution in [0.4, 0.5) is 0 Å². The number of benzene rings is 2. The molecule has 1 unspecified atom stereocenters. The fourth-order valence-corrected chi connectivity index (χ4v) is 2.28. The largest absolute Gasteiger partial charge is 0.457 e. The smallest absolute Gasteiger partial charge is 0.128 e. The Hall–Kier alpha value is -2.39. The van der Waals surface area contributed by atoms with Crippen LogP contribution in [0, 0.1) is 0 Å². The van der Waals surface area contributed by atoms with Gasteiger partial charge >= 0.3 is 0 Å². The number of ether oxygens (including phenoxy) is 1. The Kier molecular flexibility index (Phi) is 3.84. The summed E-state index contributed by atoms with van der Waals surface area (Å²) in [5, 5.41) is 1.07. The van der Waals surface area contributed by atoms with E-state index < -0.39 is 0 Å². The molecule has 3 heteroatoms. The third kappa shape index (κ3) is 3.38. The number of rotatable bonds is 4. The molecule has 3 nitrogen and oxygen atoms in total. The van der Waals surface area contributed by atoms with Gasteiger partial charge in [0.25, 0.3) is 0 Å². The van der Waals surface area contributed by atoms with Crippen molar-refractivity contribution in [2.75, 3.05) is 0 Å². The molecule has 0 spiro atoms. The first kappa shape index (κ1) is 13.6. The van der Waals surface area contributed by atoms with Gasteiger partial charge in [0.2, 0.25) is 0 Å². The van der Waals surface area contributed by atoms with Crippen LogP contribution in [0.2, 0.25) is 0 Å². The van der Waals surface area contributed by atoms with Crippen LogP contribution in [0.25, 0.3) is 10.9 Å². The van der Waals surface area contributed by atoms with Gasteiger partial charge in [-0.2, -0.15) is 0 Å². The van der Waals surface area contributed by atoms with Crippen molar-refractivity contribution in [3.63, 3.8) is 0 Å². The summed E-state index contributed by atoms with van der Waals surface area (Å²) in [6.07, 6.45) is 0.790. The van der Waals surface area contributed by atoms with E-state index in [9.17, 15) is 0 Å². The Morgan fingerprint density at radius 3 is 2.57 bits per heavy atom. The molecular weight excluding hydrogens is 260 g/mol. The number of pyridine rings is 1. The Labute approximate surface area is 124 Å². The lowest BCUT2D eigenvalue weighted by Crippen LogP contribution is -2.18. The quantitative estimate of drug-likeness (QED) is 0.787. The zero-order valence-electron chi connectivity index (χ0n) is 12.0. The third-order valence-electron chi connectivity index (χ3n) is 3.23. The molecule has 1 aromatic heterocycles. The minimum Gasteiger partial charge on any atom is -0.457 e. The maximum Gasteiger partial charge on any atom is 0.128 e. The minimum absolute atomic E-state index is 0.121. The zero-order chi connectivity index (χ0) is 14.7. The lowest BCUT2D eigenvalue weighted by molar-refractivity contribution is 0.483. The summed E-state index contributed by atoms with van der Waals surface area (Å²) in [5.41, 5.74) is 7.81. The molecule has 21 heavy (non-hydrogen) atoms. The second-order valence-corrected chi connectivity index (χ2v) is 5.25. The normalized spacial score (nSPS) is 12.3. The average Bonchev–Trinajstić information content (AvgIpc) is 2.48. The van der Waals surface area contributed by atoms with Gasteiger partial charge in [-0.1, -0.05) is 24.3 Å². The number of fused-ring (bicyclic) bond motifs is 1. The molecule has 106 valence electrons. The summed E-state index contributed by atoms with van der Waals surface area (Å²) < 4.78 is 5.83. The molecule has 0 bridgehead atoms. The van der Waals surface area contributed by atoms with E-state index in [-0.39, 0.29) is 6.04 Å². The number of aromatic nitrogens is 1. The maximum absolute atomic E-state index is 5.83. The van der Waals surface area contributed by atoms with Crippen LogP contribution in [-0.2, 0) is 6.42 Å². The Balaban J connectivity index is 1.87. The summed E-state index contributed by atoms with van der Waals surface area (Å²) in [7, 11) is 0. The van der Waals surface area contributed by atoms with Crippen LogP contribution >= 0.6 is 0 Å². The highest BCUT2D eigenvalue weighted by Crippen LogP contribution is 2.25. The van der Waals surface area contributed by atoms with Crippen molar-refractivity contribution in [1.29, 1.82) is 0 Å². The van der Waals surface area contributed by atoms with Crippen molar-refractivity contribution in [3.05, 3.63) is 66.4 Å². The van der Waals surface area contributed by atoms with Crippen LogP contribution in [-0.4, -0.2) is 11.0 Å². The van der Waals surface area contributed by atoms with E-state index in [1.54, 1.807) is 0 Å². The van der Waals surface area contributed by atoms with Crippen molar-refractivity contribution >= 4 is 10.9 Å². The fourth-order valence-electron chi connectivity index (χ4n) is 2.28. The Bertz CT molecular complexity index is 739. The molecule has 0 saturated carbocycles. The highest BCUT2D eigenvalue weighted by Gasteiger charge is 2.03. The van der Waals surface area contributed by atoms with Crippen molar-refractivity contribution in [1.82, 2.24) is 4.98 Å². The van der Waals surface area contributed by atoms with E-state index in [1.807, 2.05) is 61.5 Å². The number of nitrogens with two attached hydrogens (primary N) is 1. The number of hydrogen-bond acceptors (Lipinski definition) is 3. The van der Waals surface area contributed by atoms with Gasteiger partial charge < -0.3 is 10.5 Å². The Morgan fingerprint density at radius 2 is 1.81 bits per heavy atom. The number of para-hydroxylation sites is 1. The zero-order valence-corrected chi connectivity index (χ0v) is 12.0. The fraction of sp³-hybridized carbons (Fsp3) is 0.167. The predicted molar refractivity (Wildman–Crippen MR) is 85.6 cm³/mol. The van der Waals surface area contributed by atoms with Gasteiger partial charge in [-0.15, -0.1) is 0 Å². The van der Waals surface area contributed by atoms with E-state index >= 15 is 0 Å². The van der Waals surface area contributed by atoms with Gasteiger partial charge in [-0.05, 0) is 43.3 Å². The van der Waals surface area contributed by atoms with Gasteiger partial charge in [0, 0.05) is 23.5 Å². The second kappa shape index (κ2) is 5.94. The molecular formula is C18H18N2O. The van der Waals surface area contributed by atoms with Crippen molar-refractivity contribution in [2.24, 2.45) is 5.73 Å². The highest BCUT2D eigenvalue weighted by molar-refractivity contribution is 5.80. The second-order valence-electron chi connectivity index (χ2n) is 5.25. The number of nitrogens with zero attached hydrogens (tertiary/aromatic N) is 1. The van der Waals surface area contributed by atoms with Crippen LogP contribution in [0.5, 0.6) is 11.5 Å². The summed E-state index contributed by atoms with van der Waals surface area (Å²) in [6.45, 7) is 1.99. The van der Waals surface area contributed by atoms with Gasteiger partial charge in [-0.25, -0.2) is 0 Å². The van der Waals surface area contributed by atoms with Gasteiger partial charge in [0.05, 0.1) is 5.52 Å². The first-order valence-electron chi connectivity index (χ1n) is 7.09. The number of hydrogen-bond donors (Lipinski definition) is 1. The molecule has 1 atom stereocenters. The van der Waals surface area contributed by atoms with E-state index in [0.717, 1.165) is 34.5 Å². The monoisotopic (exact) mass is 278 g/mol. The standard InChI is InChI=1S/C18H18N2O/c1-13(19)11-15-8-7-14-12-17(9-10-18(14)20-15)21-16-5-3-2-4-6-16/h2-10,12-13H,11,19H2,1H3. The average molecular weight is 278 g/mol. The maximum atomic E-state index is 5.83. The van der Waals surface area contributed by atoms with Crippen LogP contribution in [0.15, 0.2) is 60.7 Å². The van der Waals surface area contributed by atoms with E-state index in [2.05, 4.69) is 11.1 Å². The first-order chi connectivity index (χ1) is 10.2. The van der Waals surface area contributed by atoms with Gasteiger partial charge in [-0.3, -0.25) is 4.98 Å². The summed E-state index contributed by atoms with van der Waals surface area (Å²) >= 11 is 0. The molecule has 0 fully saturated rings. The lowest BCUT2D eigenvalue weighted by atomic mass is 10.1. The molecule has 0 aliphatic heterocycles. The minimum atomic E-state index is 0.121. The lowest BCUT2D eigenvalue weighted by Gasteiger charge is -2.08. The molecule has 0 aliphatic rings. The van der Waals surface area contributed by atoms with Gasteiger partial charge in [0.15, 0.2) is 0 Å². The Morgan fingerprint density at radius 1 is 1.00 bits per heavy atom. The molecule has 3 rings (SSSR count). The summed E-state index contributed by atoms with van der Waals surface area (Å²) in [5.74, 6) is 1.65.